The van der Waals surface area contributed by atoms with Gasteiger partial charge in [-0.25, -0.2) is 0 Å². The molecule has 0 atom stereocenters. The largest absolute Gasteiger partial charge is 0.289 e. The second-order valence-electron chi connectivity index (χ2n) is 5.10. The van der Waals surface area contributed by atoms with E-state index >= 15 is 0 Å². The SMILES string of the molecule is O=C1c2ccccc2C(=O)c2ccccc21.c1cscn1.c1cscn1. The highest BCUT2D eigenvalue weighted by molar-refractivity contribution is 7.07. The molecule has 26 heavy (non-hydrogen) atoms. The molecule has 0 saturated carbocycles. The third kappa shape index (κ3) is 4.17. The van der Waals surface area contributed by atoms with E-state index in [9.17, 15) is 9.59 Å². The quantitative estimate of drug-likeness (QED) is 0.390. The molecule has 4 aromatic rings. The van der Waals surface area contributed by atoms with Crippen molar-refractivity contribution in [3.63, 3.8) is 0 Å². The highest BCUT2D eigenvalue weighted by Crippen LogP contribution is 2.26. The van der Waals surface area contributed by atoms with E-state index in [1.807, 2.05) is 10.8 Å². The summed E-state index contributed by atoms with van der Waals surface area (Å²) in [7, 11) is 0. The number of aromatic nitrogens is 2. The third-order valence-electron chi connectivity index (χ3n) is 3.53. The Morgan fingerprint density at radius 1 is 0.577 bits per heavy atom. The number of thiazole rings is 2. The van der Waals surface area contributed by atoms with Crippen molar-refractivity contribution in [3.8, 4) is 0 Å². The number of rotatable bonds is 0. The van der Waals surface area contributed by atoms with Gasteiger partial charge in [0.1, 0.15) is 0 Å². The molecule has 0 amide bonds. The average molecular weight is 378 g/mol. The van der Waals surface area contributed by atoms with Gasteiger partial charge in [-0.3, -0.25) is 19.6 Å². The molecule has 0 saturated heterocycles. The minimum atomic E-state index is -0.0641. The number of fused-ring (bicyclic) bond motifs is 2. The molecule has 0 aliphatic heterocycles. The van der Waals surface area contributed by atoms with Crippen molar-refractivity contribution in [2.75, 3.05) is 0 Å². The standard InChI is InChI=1S/C14H8O2.2C3H3NS/c15-13-9-5-1-2-6-10(9)14(16)12-8-4-3-7-11(12)13;2*1-2-5-3-4-1/h1-8H;2*1-3H. The summed E-state index contributed by atoms with van der Waals surface area (Å²) in [6.45, 7) is 0. The number of carbonyl (C=O) groups is 2. The van der Waals surface area contributed by atoms with Crippen molar-refractivity contribution in [2.45, 2.75) is 0 Å². The molecule has 6 heteroatoms. The minimum absolute atomic E-state index is 0.0641. The summed E-state index contributed by atoms with van der Waals surface area (Å²) < 4.78 is 0. The highest BCUT2D eigenvalue weighted by atomic mass is 32.1. The van der Waals surface area contributed by atoms with E-state index in [1.165, 1.54) is 0 Å². The van der Waals surface area contributed by atoms with Gasteiger partial charge in [0.15, 0.2) is 11.6 Å². The van der Waals surface area contributed by atoms with Gasteiger partial charge in [-0.15, -0.1) is 22.7 Å². The molecule has 128 valence electrons. The summed E-state index contributed by atoms with van der Waals surface area (Å²) in [5.74, 6) is -0.128. The molecule has 4 nitrogen and oxygen atoms in total. The van der Waals surface area contributed by atoms with Gasteiger partial charge >= 0.3 is 0 Å². The van der Waals surface area contributed by atoms with Crippen LogP contribution in [0.4, 0.5) is 0 Å². The van der Waals surface area contributed by atoms with E-state index in [0.29, 0.717) is 22.3 Å². The topological polar surface area (TPSA) is 59.9 Å². The van der Waals surface area contributed by atoms with Crippen LogP contribution in [0.2, 0.25) is 0 Å². The van der Waals surface area contributed by atoms with Crippen molar-refractivity contribution < 1.29 is 9.59 Å². The number of ketones is 2. The lowest BCUT2D eigenvalue weighted by atomic mass is 9.84. The maximum atomic E-state index is 12.1. The Hall–Kier alpha value is -2.96. The zero-order valence-corrected chi connectivity index (χ0v) is 15.2. The molecule has 0 N–H and O–H groups in total. The van der Waals surface area contributed by atoms with Gasteiger partial charge < -0.3 is 0 Å². The molecule has 1 aliphatic carbocycles. The molecule has 0 spiro atoms. The Morgan fingerprint density at radius 2 is 0.923 bits per heavy atom. The number of carbonyl (C=O) groups excluding carboxylic acids is 2. The maximum absolute atomic E-state index is 12.1. The fraction of sp³-hybridized carbons (Fsp3) is 0. The fourth-order valence-corrected chi connectivity index (χ4v) is 3.10. The summed E-state index contributed by atoms with van der Waals surface area (Å²) in [6.07, 6.45) is 3.54. The lowest BCUT2D eigenvalue weighted by Crippen LogP contribution is -2.20. The summed E-state index contributed by atoms with van der Waals surface area (Å²) >= 11 is 3.20. The molecule has 0 fully saturated rings. The van der Waals surface area contributed by atoms with Crippen molar-refractivity contribution in [1.29, 1.82) is 0 Å². The monoisotopic (exact) mass is 378 g/mol. The van der Waals surface area contributed by atoms with Gasteiger partial charge in [-0.2, -0.15) is 0 Å². The van der Waals surface area contributed by atoms with Crippen LogP contribution in [0.5, 0.6) is 0 Å². The molecular formula is C20H14N2O2S2. The van der Waals surface area contributed by atoms with E-state index in [4.69, 9.17) is 0 Å². The van der Waals surface area contributed by atoms with Gasteiger partial charge in [-0.1, -0.05) is 48.5 Å². The number of benzene rings is 2. The second kappa shape index (κ2) is 8.94. The lowest BCUT2D eigenvalue weighted by Gasteiger charge is -2.16. The summed E-state index contributed by atoms with van der Waals surface area (Å²) in [5.41, 5.74) is 5.61. The van der Waals surface area contributed by atoms with E-state index in [2.05, 4.69) is 9.97 Å². The van der Waals surface area contributed by atoms with Crippen LogP contribution in [0.15, 0.2) is 82.7 Å². The van der Waals surface area contributed by atoms with Gasteiger partial charge in [0.05, 0.1) is 11.0 Å². The van der Waals surface area contributed by atoms with Crippen molar-refractivity contribution >= 4 is 34.2 Å². The van der Waals surface area contributed by atoms with Gasteiger partial charge in [0, 0.05) is 45.4 Å². The number of nitrogens with zero attached hydrogens (tertiary/aromatic N) is 2. The van der Waals surface area contributed by atoms with E-state index in [-0.39, 0.29) is 11.6 Å². The minimum Gasteiger partial charge on any atom is -0.289 e. The van der Waals surface area contributed by atoms with Crippen molar-refractivity contribution in [1.82, 2.24) is 9.97 Å². The van der Waals surface area contributed by atoms with Gasteiger partial charge in [0.25, 0.3) is 0 Å². The van der Waals surface area contributed by atoms with Crippen LogP contribution in [0.25, 0.3) is 0 Å². The molecule has 2 heterocycles. The smallest absolute Gasteiger partial charge is 0.194 e. The maximum Gasteiger partial charge on any atom is 0.194 e. The molecule has 1 aliphatic rings. The molecular weight excluding hydrogens is 364 g/mol. The Balaban J connectivity index is 0.000000159. The predicted molar refractivity (Wildman–Crippen MR) is 104 cm³/mol. The fourth-order valence-electron chi connectivity index (χ4n) is 2.40. The molecule has 2 aromatic heterocycles. The Morgan fingerprint density at radius 3 is 1.12 bits per heavy atom. The molecule has 0 unspecified atom stereocenters. The van der Waals surface area contributed by atoms with Crippen molar-refractivity contribution in [2.24, 2.45) is 0 Å². The highest BCUT2D eigenvalue weighted by Gasteiger charge is 2.28. The van der Waals surface area contributed by atoms with Crippen LogP contribution < -0.4 is 0 Å². The van der Waals surface area contributed by atoms with Crippen LogP contribution in [-0.2, 0) is 0 Å². The first-order valence-corrected chi connectivity index (χ1v) is 9.59. The Labute approximate surface area is 158 Å². The molecule has 0 bridgehead atoms. The summed E-state index contributed by atoms with van der Waals surface area (Å²) in [5, 5.41) is 3.86. The zero-order chi connectivity index (χ0) is 18.2. The van der Waals surface area contributed by atoms with Crippen LogP contribution in [0, 0.1) is 0 Å². The Kier molecular flexibility index (Phi) is 6.14. The van der Waals surface area contributed by atoms with Gasteiger partial charge in [0.2, 0.25) is 0 Å². The summed E-state index contributed by atoms with van der Waals surface area (Å²) in [6, 6.07) is 13.9. The Bertz CT molecular complexity index is 815. The van der Waals surface area contributed by atoms with Crippen molar-refractivity contribution in [3.05, 3.63) is 105 Å². The molecule has 0 radical (unpaired) electrons. The van der Waals surface area contributed by atoms with E-state index in [1.54, 1.807) is 94.6 Å². The van der Waals surface area contributed by atoms with E-state index < -0.39 is 0 Å². The first-order chi connectivity index (χ1) is 12.8. The first-order valence-electron chi connectivity index (χ1n) is 7.71. The van der Waals surface area contributed by atoms with E-state index in [0.717, 1.165) is 0 Å². The average Bonchev–Trinajstić information content (AvgIpc) is 3.45. The number of hydrogen-bond acceptors (Lipinski definition) is 6. The van der Waals surface area contributed by atoms with Crippen LogP contribution in [0.3, 0.4) is 0 Å². The number of hydrogen-bond donors (Lipinski definition) is 0. The zero-order valence-electron chi connectivity index (χ0n) is 13.6. The molecule has 2 aromatic carbocycles. The second-order valence-corrected chi connectivity index (χ2v) is 6.61. The first kappa shape index (κ1) is 17.8. The third-order valence-corrected chi connectivity index (χ3v) is 4.57. The van der Waals surface area contributed by atoms with Crippen LogP contribution >= 0.6 is 22.7 Å². The normalized spacial score (nSPS) is 11.2. The molecule has 5 rings (SSSR count). The summed E-state index contributed by atoms with van der Waals surface area (Å²) in [4.78, 5) is 31.7. The predicted octanol–water partition coefficient (Wildman–Crippen LogP) is 4.75. The van der Waals surface area contributed by atoms with Crippen LogP contribution in [0.1, 0.15) is 31.8 Å². The van der Waals surface area contributed by atoms with Crippen LogP contribution in [-0.4, -0.2) is 21.5 Å². The lowest BCUT2D eigenvalue weighted by molar-refractivity contribution is 0.0979. The van der Waals surface area contributed by atoms with Gasteiger partial charge in [-0.05, 0) is 0 Å².